The summed E-state index contributed by atoms with van der Waals surface area (Å²) in [7, 11) is 3.26. The van der Waals surface area contributed by atoms with Crippen molar-refractivity contribution in [1.29, 1.82) is 0 Å². The lowest BCUT2D eigenvalue weighted by molar-refractivity contribution is -0.133. The summed E-state index contributed by atoms with van der Waals surface area (Å²) in [6.45, 7) is 1.63. The molecule has 0 spiro atoms. The average Bonchev–Trinajstić information content (AvgIpc) is 3.07. The van der Waals surface area contributed by atoms with Crippen LogP contribution < -0.4 is 4.74 Å². The van der Waals surface area contributed by atoms with Gasteiger partial charge in [-0.25, -0.2) is 4.98 Å². The summed E-state index contributed by atoms with van der Waals surface area (Å²) in [4.78, 5) is 21.9. The van der Waals surface area contributed by atoms with Crippen molar-refractivity contribution in [2.24, 2.45) is 0 Å². The van der Waals surface area contributed by atoms with Crippen LogP contribution in [0.25, 0.3) is 0 Å². The van der Waals surface area contributed by atoms with Gasteiger partial charge in [-0.3, -0.25) is 4.79 Å². The normalized spacial score (nSPS) is 17.0. The van der Waals surface area contributed by atoms with Crippen molar-refractivity contribution in [2.45, 2.75) is 18.9 Å². The Hall–Kier alpha value is -2.34. The van der Waals surface area contributed by atoms with E-state index < -0.39 is 0 Å². The lowest BCUT2D eigenvalue weighted by Crippen LogP contribution is -2.39. The lowest BCUT2D eigenvalue weighted by Gasteiger charge is -2.32. The third-order valence-electron chi connectivity index (χ3n) is 4.20. The first kappa shape index (κ1) is 15.6. The molecule has 0 radical (unpaired) electrons. The molecule has 2 aromatic rings. The Morgan fingerprint density at radius 3 is 3.09 bits per heavy atom. The monoisotopic (exact) mass is 315 g/mol. The predicted molar refractivity (Wildman–Crippen MR) is 85.3 cm³/mol. The smallest absolute Gasteiger partial charge is 0.225 e. The highest BCUT2D eigenvalue weighted by Gasteiger charge is 2.31. The summed E-state index contributed by atoms with van der Waals surface area (Å²) in [6, 6.07) is 7.94. The zero-order valence-corrected chi connectivity index (χ0v) is 13.4. The number of benzene rings is 1. The number of H-pyrrole nitrogens is 1. The fourth-order valence-corrected chi connectivity index (χ4v) is 2.98. The Balaban J connectivity index is 1.88. The van der Waals surface area contributed by atoms with Crippen LogP contribution in [0, 0.1) is 0 Å². The number of aromatic nitrogens is 2. The molecule has 1 aromatic heterocycles. The fraction of sp³-hybridized carbons (Fsp3) is 0.412. The highest BCUT2D eigenvalue weighted by Crippen LogP contribution is 2.33. The van der Waals surface area contributed by atoms with Crippen LogP contribution in [0.1, 0.15) is 29.3 Å². The van der Waals surface area contributed by atoms with Crippen LogP contribution in [-0.4, -0.2) is 48.1 Å². The first-order chi connectivity index (χ1) is 11.2. The van der Waals surface area contributed by atoms with Gasteiger partial charge in [0.25, 0.3) is 0 Å². The molecule has 23 heavy (non-hydrogen) atoms. The van der Waals surface area contributed by atoms with Gasteiger partial charge in [0.1, 0.15) is 5.75 Å². The molecule has 3 rings (SSSR count). The van der Waals surface area contributed by atoms with Gasteiger partial charge >= 0.3 is 0 Å². The number of fused-ring (bicyclic) bond motifs is 1. The zero-order chi connectivity index (χ0) is 16.2. The van der Waals surface area contributed by atoms with Crippen LogP contribution >= 0.6 is 0 Å². The van der Waals surface area contributed by atoms with Crippen molar-refractivity contribution in [3.05, 3.63) is 47.5 Å². The highest BCUT2D eigenvalue weighted by molar-refractivity contribution is 5.76. The van der Waals surface area contributed by atoms with E-state index in [2.05, 4.69) is 16.0 Å². The molecular weight excluding hydrogens is 294 g/mol. The second-order valence-corrected chi connectivity index (χ2v) is 5.61. The van der Waals surface area contributed by atoms with Crippen LogP contribution in [0.15, 0.2) is 30.6 Å². The van der Waals surface area contributed by atoms with E-state index in [1.807, 2.05) is 23.1 Å². The topological polar surface area (TPSA) is 67.5 Å². The maximum atomic E-state index is 12.4. The summed E-state index contributed by atoms with van der Waals surface area (Å²) >= 11 is 0. The van der Waals surface area contributed by atoms with E-state index in [9.17, 15) is 4.79 Å². The highest BCUT2D eigenvalue weighted by atomic mass is 16.5. The summed E-state index contributed by atoms with van der Waals surface area (Å²) in [5, 5.41) is 0. The van der Waals surface area contributed by atoms with E-state index in [0.29, 0.717) is 26.1 Å². The molecule has 122 valence electrons. The number of imidazole rings is 1. The second kappa shape index (κ2) is 6.83. The molecule has 0 bridgehead atoms. The Bertz CT molecular complexity index is 683. The van der Waals surface area contributed by atoms with Crippen molar-refractivity contribution in [1.82, 2.24) is 14.9 Å². The van der Waals surface area contributed by atoms with Gasteiger partial charge in [-0.2, -0.15) is 0 Å². The van der Waals surface area contributed by atoms with Crippen molar-refractivity contribution in [3.63, 3.8) is 0 Å². The minimum Gasteiger partial charge on any atom is -0.497 e. The molecule has 1 aromatic carbocycles. The van der Waals surface area contributed by atoms with E-state index in [0.717, 1.165) is 22.7 Å². The molecule has 0 saturated carbocycles. The number of carbonyl (C=O) groups excluding carboxylic acids is 1. The third kappa shape index (κ3) is 3.22. The average molecular weight is 315 g/mol. The molecule has 1 N–H and O–H groups in total. The largest absolute Gasteiger partial charge is 0.497 e. The molecule has 2 heterocycles. The van der Waals surface area contributed by atoms with Gasteiger partial charge in [-0.15, -0.1) is 0 Å². The van der Waals surface area contributed by atoms with Gasteiger partial charge in [0.05, 0.1) is 44.4 Å². The number of amides is 1. The van der Waals surface area contributed by atoms with Crippen LogP contribution in [0.4, 0.5) is 0 Å². The molecule has 6 heteroatoms. The molecule has 0 aliphatic carbocycles. The number of nitrogens with one attached hydrogen (secondary N) is 1. The van der Waals surface area contributed by atoms with Gasteiger partial charge in [0, 0.05) is 19.6 Å². The summed E-state index contributed by atoms with van der Waals surface area (Å²) < 4.78 is 10.3. The molecule has 1 aliphatic rings. The zero-order valence-electron chi connectivity index (χ0n) is 13.4. The SMILES string of the molecule is COCCC(=O)N1Cc2[nH]cnc2C(c2cccc(OC)c2)C1. The summed E-state index contributed by atoms with van der Waals surface area (Å²) in [5.74, 6) is 0.953. The minimum atomic E-state index is 0.0478. The Kier molecular flexibility index (Phi) is 4.62. The molecule has 1 amide bonds. The Morgan fingerprint density at radius 1 is 1.43 bits per heavy atom. The molecule has 0 saturated heterocycles. The van der Waals surface area contributed by atoms with Gasteiger partial charge in [0.15, 0.2) is 0 Å². The molecule has 1 aliphatic heterocycles. The van der Waals surface area contributed by atoms with Crippen molar-refractivity contribution in [2.75, 3.05) is 27.4 Å². The predicted octanol–water partition coefficient (Wildman–Crippen LogP) is 1.93. The minimum absolute atomic E-state index is 0.0478. The van der Waals surface area contributed by atoms with Crippen LogP contribution in [0.3, 0.4) is 0 Å². The molecule has 0 fully saturated rings. The number of ether oxygens (including phenoxy) is 2. The third-order valence-corrected chi connectivity index (χ3v) is 4.20. The number of rotatable bonds is 5. The Labute approximate surface area is 135 Å². The number of aromatic amines is 1. The maximum absolute atomic E-state index is 12.4. The molecular formula is C17H21N3O3. The van der Waals surface area contributed by atoms with Crippen LogP contribution in [-0.2, 0) is 16.1 Å². The van der Waals surface area contributed by atoms with E-state index >= 15 is 0 Å². The van der Waals surface area contributed by atoms with E-state index in [4.69, 9.17) is 9.47 Å². The maximum Gasteiger partial charge on any atom is 0.225 e. The number of carbonyl (C=O) groups is 1. The van der Waals surface area contributed by atoms with Gasteiger partial charge in [-0.05, 0) is 17.7 Å². The lowest BCUT2D eigenvalue weighted by atomic mass is 9.90. The van der Waals surface area contributed by atoms with E-state index in [-0.39, 0.29) is 11.8 Å². The number of hydrogen-bond donors (Lipinski definition) is 1. The van der Waals surface area contributed by atoms with Crippen molar-refractivity contribution < 1.29 is 14.3 Å². The van der Waals surface area contributed by atoms with Crippen molar-refractivity contribution in [3.8, 4) is 5.75 Å². The van der Waals surface area contributed by atoms with E-state index in [1.54, 1.807) is 20.5 Å². The van der Waals surface area contributed by atoms with Gasteiger partial charge in [-0.1, -0.05) is 12.1 Å². The quantitative estimate of drug-likeness (QED) is 0.915. The van der Waals surface area contributed by atoms with Crippen molar-refractivity contribution >= 4 is 5.91 Å². The Morgan fingerprint density at radius 2 is 2.30 bits per heavy atom. The first-order valence-corrected chi connectivity index (χ1v) is 7.65. The molecule has 6 nitrogen and oxygen atoms in total. The standard InChI is InChI=1S/C17H21N3O3/c1-22-7-6-16(21)20-9-14(17-15(10-20)18-11-19-17)12-4-3-5-13(8-12)23-2/h3-5,8,11,14H,6-7,9-10H2,1-2H3,(H,18,19). The number of methoxy groups -OCH3 is 2. The number of nitrogens with zero attached hydrogens (tertiary/aromatic N) is 2. The van der Waals surface area contributed by atoms with E-state index in [1.165, 1.54) is 0 Å². The first-order valence-electron chi connectivity index (χ1n) is 7.65. The second-order valence-electron chi connectivity index (χ2n) is 5.61. The molecule has 1 atom stereocenters. The fourth-order valence-electron chi connectivity index (χ4n) is 2.98. The summed E-state index contributed by atoms with van der Waals surface area (Å²) in [6.07, 6.45) is 2.09. The van der Waals surface area contributed by atoms with Gasteiger partial charge < -0.3 is 19.4 Å². The van der Waals surface area contributed by atoms with Gasteiger partial charge in [0.2, 0.25) is 5.91 Å². The number of hydrogen-bond acceptors (Lipinski definition) is 4. The summed E-state index contributed by atoms with van der Waals surface area (Å²) in [5.41, 5.74) is 3.10. The molecule has 1 unspecified atom stereocenters. The van der Waals surface area contributed by atoms with Crippen LogP contribution in [0.5, 0.6) is 5.75 Å². The van der Waals surface area contributed by atoms with Crippen LogP contribution in [0.2, 0.25) is 0 Å².